The molecule has 0 spiro atoms. The van der Waals surface area contributed by atoms with Gasteiger partial charge in [0.1, 0.15) is 10.8 Å². The first kappa shape index (κ1) is 22.6. The van der Waals surface area contributed by atoms with Crippen LogP contribution in [0.4, 0.5) is 0 Å². The Balaban J connectivity index is 1.45. The highest BCUT2D eigenvalue weighted by atomic mass is 32.2. The quantitative estimate of drug-likeness (QED) is 0.442. The summed E-state index contributed by atoms with van der Waals surface area (Å²) in [4.78, 5) is 17.6. The standard InChI is InChI=1S/C24H26N2O4S2/c1-2-30-20-8-6-7-19(15-20)23(27)16-24-25-22(17-31-24)18-9-11-21(12-10-18)32(28,29)26-13-4-3-5-14-26/h6-12,15,17H,2-5,13-14,16H2,1H3. The molecule has 8 heteroatoms. The van der Waals surface area contributed by atoms with Crippen molar-refractivity contribution >= 4 is 27.1 Å². The number of ether oxygens (including phenoxy) is 1. The number of Topliss-reactive ketones (excluding diaryl/α,β-unsaturated/α-hetero) is 1. The summed E-state index contributed by atoms with van der Waals surface area (Å²) in [6, 6.07) is 14.0. The van der Waals surface area contributed by atoms with Crippen LogP contribution in [0.2, 0.25) is 0 Å². The fraction of sp³-hybridized carbons (Fsp3) is 0.333. The summed E-state index contributed by atoms with van der Waals surface area (Å²) in [5.41, 5.74) is 2.17. The monoisotopic (exact) mass is 470 g/mol. The van der Waals surface area contributed by atoms with Gasteiger partial charge in [0.15, 0.2) is 5.78 Å². The van der Waals surface area contributed by atoms with E-state index < -0.39 is 10.0 Å². The van der Waals surface area contributed by atoms with Gasteiger partial charge in [-0.1, -0.05) is 30.7 Å². The third kappa shape index (κ3) is 5.09. The predicted molar refractivity (Wildman–Crippen MR) is 126 cm³/mol. The Morgan fingerprint density at radius 1 is 1.09 bits per heavy atom. The Bertz CT molecular complexity index is 1180. The van der Waals surface area contributed by atoms with Crippen molar-refractivity contribution in [3.63, 3.8) is 0 Å². The van der Waals surface area contributed by atoms with Gasteiger partial charge in [-0.3, -0.25) is 4.79 Å². The van der Waals surface area contributed by atoms with Crippen molar-refractivity contribution in [1.82, 2.24) is 9.29 Å². The van der Waals surface area contributed by atoms with Gasteiger partial charge in [0.2, 0.25) is 10.0 Å². The Morgan fingerprint density at radius 3 is 2.56 bits per heavy atom. The molecule has 0 bridgehead atoms. The number of rotatable bonds is 8. The van der Waals surface area contributed by atoms with Gasteiger partial charge in [-0.05, 0) is 44.0 Å². The summed E-state index contributed by atoms with van der Waals surface area (Å²) in [7, 11) is -3.45. The Morgan fingerprint density at radius 2 is 1.84 bits per heavy atom. The average Bonchev–Trinajstić information content (AvgIpc) is 3.28. The molecule has 0 saturated carbocycles. The number of piperidine rings is 1. The maximum atomic E-state index is 12.8. The SMILES string of the molecule is CCOc1cccc(C(=O)Cc2nc(-c3ccc(S(=O)(=O)N4CCCCC4)cc3)cs2)c1. The number of hydrogen-bond donors (Lipinski definition) is 0. The van der Waals surface area contributed by atoms with Gasteiger partial charge in [-0.15, -0.1) is 11.3 Å². The number of aromatic nitrogens is 1. The van der Waals surface area contributed by atoms with Crippen LogP contribution in [-0.2, 0) is 16.4 Å². The van der Waals surface area contributed by atoms with E-state index in [-0.39, 0.29) is 12.2 Å². The molecule has 168 valence electrons. The third-order valence-corrected chi connectivity index (χ3v) is 8.20. The third-order valence-electron chi connectivity index (χ3n) is 5.43. The topological polar surface area (TPSA) is 76.6 Å². The summed E-state index contributed by atoms with van der Waals surface area (Å²) in [5.74, 6) is 0.660. The van der Waals surface area contributed by atoms with Gasteiger partial charge in [0, 0.05) is 29.6 Å². The molecule has 0 unspecified atom stereocenters. The molecule has 1 aliphatic heterocycles. The maximum Gasteiger partial charge on any atom is 0.243 e. The summed E-state index contributed by atoms with van der Waals surface area (Å²) >= 11 is 1.42. The lowest BCUT2D eigenvalue weighted by atomic mass is 10.1. The summed E-state index contributed by atoms with van der Waals surface area (Å²) in [6.07, 6.45) is 3.11. The zero-order valence-electron chi connectivity index (χ0n) is 18.0. The number of ketones is 1. The number of hydrogen-bond acceptors (Lipinski definition) is 6. The minimum atomic E-state index is -3.45. The number of carbonyl (C=O) groups excluding carboxylic acids is 1. The van der Waals surface area contributed by atoms with Crippen LogP contribution in [0.5, 0.6) is 5.75 Å². The molecule has 6 nitrogen and oxygen atoms in total. The number of benzene rings is 2. The zero-order valence-corrected chi connectivity index (χ0v) is 19.6. The highest BCUT2D eigenvalue weighted by Gasteiger charge is 2.25. The molecule has 32 heavy (non-hydrogen) atoms. The van der Waals surface area contributed by atoms with E-state index in [1.807, 2.05) is 24.4 Å². The fourth-order valence-corrected chi connectivity index (χ4v) is 6.06. The number of nitrogens with zero attached hydrogens (tertiary/aromatic N) is 2. The molecule has 2 heterocycles. The van der Waals surface area contributed by atoms with Gasteiger partial charge in [0.25, 0.3) is 0 Å². The fourth-order valence-electron chi connectivity index (χ4n) is 3.74. The molecule has 0 radical (unpaired) electrons. The van der Waals surface area contributed by atoms with Crippen molar-refractivity contribution in [2.75, 3.05) is 19.7 Å². The Labute approximate surface area is 192 Å². The summed E-state index contributed by atoms with van der Waals surface area (Å²) < 4.78 is 32.7. The number of thiazole rings is 1. The van der Waals surface area contributed by atoms with E-state index in [9.17, 15) is 13.2 Å². The van der Waals surface area contributed by atoms with Crippen LogP contribution >= 0.6 is 11.3 Å². The van der Waals surface area contributed by atoms with E-state index in [1.54, 1.807) is 40.7 Å². The first-order valence-corrected chi connectivity index (χ1v) is 13.1. The average molecular weight is 471 g/mol. The van der Waals surface area contributed by atoms with Crippen molar-refractivity contribution in [2.45, 2.75) is 37.5 Å². The maximum absolute atomic E-state index is 12.8. The smallest absolute Gasteiger partial charge is 0.243 e. The van der Waals surface area contributed by atoms with Crippen LogP contribution in [0.25, 0.3) is 11.3 Å². The van der Waals surface area contributed by atoms with Crippen molar-refractivity contribution < 1.29 is 17.9 Å². The Hall–Kier alpha value is -2.55. The molecule has 4 rings (SSSR count). The predicted octanol–water partition coefficient (Wildman–Crippen LogP) is 4.81. The van der Waals surface area contributed by atoms with E-state index in [0.717, 1.165) is 35.5 Å². The second kappa shape index (κ2) is 9.94. The lowest BCUT2D eigenvalue weighted by Gasteiger charge is -2.25. The lowest BCUT2D eigenvalue weighted by molar-refractivity contribution is 0.0992. The van der Waals surface area contributed by atoms with Crippen molar-refractivity contribution in [3.8, 4) is 17.0 Å². The van der Waals surface area contributed by atoms with Crippen LogP contribution in [0.15, 0.2) is 58.8 Å². The molecule has 3 aromatic rings. The molecule has 2 aromatic carbocycles. The van der Waals surface area contributed by atoms with Gasteiger partial charge in [-0.2, -0.15) is 4.31 Å². The molecule has 0 aliphatic carbocycles. The molecule has 0 amide bonds. The minimum absolute atomic E-state index is 0.0181. The summed E-state index contributed by atoms with van der Waals surface area (Å²) in [6.45, 7) is 3.62. The molecule has 0 N–H and O–H groups in total. The van der Waals surface area contributed by atoms with Crippen LogP contribution < -0.4 is 4.74 Å². The molecular weight excluding hydrogens is 444 g/mol. The molecule has 1 saturated heterocycles. The van der Waals surface area contributed by atoms with Gasteiger partial charge >= 0.3 is 0 Å². The van der Waals surface area contributed by atoms with E-state index >= 15 is 0 Å². The van der Waals surface area contributed by atoms with E-state index in [2.05, 4.69) is 4.98 Å². The van der Waals surface area contributed by atoms with E-state index in [0.29, 0.717) is 35.9 Å². The molecule has 1 aliphatic rings. The second-order valence-electron chi connectivity index (χ2n) is 7.68. The van der Waals surface area contributed by atoms with Crippen LogP contribution in [0, 0.1) is 0 Å². The Kier molecular flexibility index (Phi) is 7.03. The lowest BCUT2D eigenvalue weighted by Crippen LogP contribution is -2.35. The van der Waals surface area contributed by atoms with Gasteiger partial charge in [-0.25, -0.2) is 13.4 Å². The van der Waals surface area contributed by atoms with E-state index in [4.69, 9.17) is 4.74 Å². The number of carbonyl (C=O) groups is 1. The normalized spacial score (nSPS) is 14.9. The second-order valence-corrected chi connectivity index (χ2v) is 10.6. The van der Waals surface area contributed by atoms with E-state index in [1.165, 1.54) is 11.3 Å². The first-order valence-electron chi connectivity index (χ1n) is 10.8. The highest BCUT2D eigenvalue weighted by molar-refractivity contribution is 7.89. The largest absolute Gasteiger partial charge is 0.494 e. The number of sulfonamides is 1. The van der Waals surface area contributed by atoms with Gasteiger partial charge in [0.05, 0.1) is 23.6 Å². The van der Waals surface area contributed by atoms with Crippen molar-refractivity contribution in [3.05, 3.63) is 64.5 Å². The van der Waals surface area contributed by atoms with Crippen LogP contribution in [0.3, 0.4) is 0 Å². The molecule has 1 fully saturated rings. The molecular formula is C24H26N2O4S2. The summed E-state index contributed by atoms with van der Waals surface area (Å²) in [5, 5.41) is 2.62. The first-order chi connectivity index (χ1) is 15.5. The highest BCUT2D eigenvalue weighted by Crippen LogP contribution is 2.26. The van der Waals surface area contributed by atoms with Crippen molar-refractivity contribution in [2.24, 2.45) is 0 Å². The minimum Gasteiger partial charge on any atom is -0.494 e. The van der Waals surface area contributed by atoms with Crippen LogP contribution in [0.1, 0.15) is 41.6 Å². The van der Waals surface area contributed by atoms with Crippen molar-refractivity contribution in [1.29, 1.82) is 0 Å². The van der Waals surface area contributed by atoms with Crippen LogP contribution in [-0.4, -0.2) is 43.2 Å². The zero-order chi connectivity index (χ0) is 22.6. The molecule has 1 aromatic heterocycles. The molecule has 0 atom stereocenters. The van der Waals surface area contributed by atoms with Gasteiger partial charge < -0.3 is 4.74 Å².